The van der Waals surface area contributed by atoms with Crippen LogP contribution in [0.5, 0.6) is 23.0 Å². The van der Waals surface area contributed by atoms with Gasteiger partial charge in [-0.1, -0.05) is 84.6 Å². The van der Waals surface area contributed by atoms with Crippen molar-refractivity contribution in [2.75, 3.05) is 46.4 Å². The number of aliphatic hydroxyl groups is 1. The molecule has 2 saturated heterocycles. The number of hydrogen-bond donors (Lipinski definition) is 2. The number of esters is 1. The van der Waals surface area contributed by atoms with Crippen LogP contribution >= 0.6 is 0 Å². The van der Waals surface area contributed by atoms with Crippen LogP contribution in [0.4, 0.5) is 5.69 Å². The molecule has 10 rings (SSSR count). The number of rotatable bonds is 10. The van der Waals surface area contributed by atoms with E-state index in [-0.39, 0.29) is 25.7 Å². The molecule has 0 aliphatic carbocycles. The van der Waals surface area contributed by atoms with Gasteiger partial charge in [0.05, 0.1) is 45.9 Å². The van der Waals surface area contributed by atoms with Gasteiger partial charge in [-0.05, 0) is 107 Å². The van der Waals surface area contributed by atoms with Gasteiger partial charge in [0.1, 0.15) is 35.7 Å². The van der Waals surface area contributed by atoms with E-state index < -0.39 is 47.4 Å². The van der Waals surface area contributed by atoms with Crippen LogP contribution in [0.3, 0.4) is 0 Å². The molecule has 0 radical (unpaired) electrons. The average molecular weight is 896 g/mol. The summed E-state index contributed by atoms with van der Waals surface area (Å²) in [5.74, 6) is 6.14. The van der Waals surface area contributed by atoms with Crippen molar-refractivity contribution < 1.29 is 43.2 Å². The number of hydrogen-bond acceptors (Lipinski definition) is 10. The van der Waals surface area contributed by atoms with Gasteiger partial charge in [0.15, 0.2) is 11.5 Å². The number of carbonyl (C=O) groups excluding carboxylic acids is 3. The number of morpholine rings is 1. The van der Waals surface area contributed by atoms with Crippen LogP contribution < -0.4 is 24.3 Å². The van der Waals surface area contributed by atoms with Crippen LogP contribution in [-0.2, 0) is 37.5 Å². The van der Waals surface area contributed by atoms with Gasteiger partial charge in [-0.2, -0.15) is 0 Å². The van der Waals surface area contributed by atoms with Crippen molar-refractivity contribution in [1.29, 1.82) is 0 Å². The summed E-state index contributed by atoms with van der Waals surface area (Å²) in [5.41, 5.74) is 4.80. The number of benzene rings is 6. The first-order valence-electron chi connectivity index (χ1n) is 22.3. The Morgan fingerprint density at radius 2 is 1.40 bits per heavy atom. The fraction of sp³-hybridized carbons (Fsp3) is 0.255. The minimum atomic E-state index is -1.74. The summed E-state index contributed by atoms with van der Waals surface area (Å²) in [6.07, 6.45) is -0.325. The molecule has 4 aliphatic rings. The van der Waals surface area contributed by atoms with E-state index in [1.54, 1.807) is 32.3 Å². The van der Waals surface area contributed by atoms with Gasteiger partial charge in [-0.3, -0.25) is 19.3 Å². The van der Waals surface area contributed by atoms with Gasteiger partial charge in [-0.15, -0.1) is 0 Å². The minimum absolute atomic E-state index is 0.0361. The molecule has 6 aromatic rings. The summed E-state index contributed by atoms with van der Waals surface area (Å²) in [7, 11) is 4.77. The number of aliphatic hydroxyl groups excluding tert-OH is 1. The van der Waals surface area contributed by atoms with E-state index in [1.807, 2.05) is 133 Å². The molecule has 0 saturated carbocycles. The Morgan fingerprint density at radius 1 is 0.731 bits per heavy atom. The molecule has 2 N–H and O–H groups in total. The van der Waals surface area contributed by atoms with Crippen molar-refractivity contribution in [2.24, 2.45) is 5.92 Å². The Kier molecular flexibility index (Phi) is 11.6. The van der Waals surface area contributed by atoms with Crippen LogP contribution in [0.2, 0.25) is 0 Å². The number of nitrogens with zero attached hydrogens (tertiary/aromatic N) is 2. The van der Waals surface area contributed by atoms with Crippen LogP contribution in [0.25, 0.3) is 0 Å². The van der Waals surface area contributed by atoms with E-state index in [1.165, 1.54) is 0 Å². The highest BCUT2D eigenvalue weighted by Crippen LogP contribution is 2.65. The molecule has 0 aromatic heterocycles. The van der Waals surface area contributed by atoms with E-state index in [2.05, 4.69) is 22.1 Å². The third-order valence-electron chi connectivity index (χ3n) is 13.6. The lowest BCUT2D eigenvalue weighted by molar-refractivity contribution is -0.179. The van der Waals surface area contributed by atoms with E-state index in [0.29, 0.717) is 58.3 Å². The molecule has 4 aliphatic heterocycles. The maximum Gasteiger partial charge on any atom is 0.324 e. The van der Waals surface area contributed by atoms with Gasteiger partial charge >= 0.3 is 5.97 Å². The van der Waals surface area contributed by atoms with Gasteiger partial charge in [-0.25, -0.2) is 0 Å². The van der Waals surface area contributed by atoms with Gasteiger partial charge in [0.2, 0.25) is 11.8 Å². The summed E-state index contributed by atoms with van der Waals surface area (Å²) >= 11 is 0. The number of amides is 2. The number of carbonyl (C=O) groups is 3. The molecule has 67 heavy (non-hydrogen) atoms. The third kappa shape index (κ3) is 7.50. The number of ether oxygens (including phenoxy) is 5. The summed E-state index contributed by atoms with van der Waals surface area (Å²) in [4.78, 5) is 51.3. The van der Waals surface area contributed by atoms with Crippen molar-refractivity contribution in [3.63, 3.8) is 0 Å². The van der Waals surface area contributed by atoms with Gasteiger partial charge in [0, 0.05) is 29.9 Å². The van der Waals surface area contributed by atoms with Crippen LogP contribution in [0.15, 0.2) is 140 Å². The standard InChI is InChI=1S/C55H49N3O9/c1-63-41-22-19-34(20-23-41)17-18-35-21-24-44-43(29-35)55(54(62)56-44)47(52(60)57-26-25-38-31-45(64-2)46(65-3)32-40(38)33-57)49-53(61)67-50(37-13-8-5-9-14-37)48(36-11-6-4-7-12-36)58(49)51(55)39-15-10-16-42(30-39)66-28-27-59/h4-16,19-24,29-32,47-51,59H,25-28,33H2,1-3H3,(H,56,62). The highest BCUT2D eigenvalue weighted by molar-refractivity contribution is 6.12. The first-order chi connectivity index (χ1) is 32.8. The molecule has 338 valence electrons. The number of anilines is 1. The molecule has 1 spiro atoms. The Morgan fingerprint density at radius 3 is 2.10 bits per heavy atom. The largest absolute Gasteiger partial charge is 0.497 e. The lowest BCUT2D eigenvalue weighted by Gasteiger charge is -2.46. The molecular formula is C55H49N3O9. The predicted molar refractivity (Wildman–Crippen MR) is 250 cm³/mol. The first-order valence-corrected chi connectivity index (χ1v) is 22.3. The van der Waals surface area contributed by atoms with Crippen LogP contribution in [0, 0.1) is 17.8 Å². The molecule has 12 nitrogen and oxygen atoms in total. The SMILES string of the molecule is COc1ccc(C#Cc2ccc3c(c2)C2(C(=O)N3)C(C(=O)N3CCc4cc(OC)c(OC)cc4C3)C3C(=O)OC(c4ccccc4)C(c4ccccc4)N3C2c2cccc(OCCO)c2)cc1. The highest BCUT2D eigenvalue weighted by Gasteiger charge is 2.74. The van der Waals surface area contributed by atoms with E-state index in [4.69, 9.17) is 23.7 Å². The molecule has 2 fully saturated rings. The van der Waals surface area contributed by atoms with Gasteiger partial charge in [0.25, 0.3) is 0 Å². The highest BCUT2D eigenvalue weighted by atomic mass is 16.6. The zero-order chi connectivity index (χ0) is 46.2. The fourth-order valence-corrected chi connectivity index (χ4v) is 10.7. The van der Waals surface area contributed by atoms with Gasteiger partial charge < -0.3 is 39.0 Å². The van der Waals surface area contributed by atoms with Crippen molar-refractivity contribution in [2.45, 2.75) is 42.6 Å². The normalized spacial score (nSPS) is 22.6. The summed E-state index contributed by atoms with van der Waals surface area (Å²) in [5, 5.41) is 13.0. The molecule has 6 aromatic carbocycles. The topological polar surface area (TPSA) is 136 Å². The fourth-order valence-electron chi connectivity index (χ4n) is 10.7. The molecular weight excluding hydrogens is 847 g/mol. The minimum Gasteiger partial charge on any atom is -0.497 e. The van der Waals surface area contributed by atoms with Crippen molar-refractivity contribution >= 4 is 23.5 Å². The molecule has 0 bridgehead atoms. The Labute approximate surface area is 389 Å². The Hall–Kier alpha value is -7.59. The van der Waals surface area contributed by atoms with Crippen molar-refractivity contribution in [3.8, 4) is 34.8 Å². The van der Waals surface area contributed by atoms with E-state index in [9.17, 15) is 5.11 Å². The second kappa shape index (κ2) is 18.0. The number of methoxy groups -OCH3 is 3. The predicted octanol–water partition coefficient (Wildman–Crippen LogP) is 7.34. The Balaban J connectivity index is 1.22. The zero-order valence-electron chi connectivity index (χ0n) is 37.3. The monoisotopic (exact) mass is 895 g/mol. The third-order valence-corrected chi connectivity index (χ3v) is 13.6. The summed E-state index contributed by atoms with van der Waals surface area (Å²) < 4.78 is 29.4. The maximum absolute atomic E-state index is 16.2. The number of nitrogens with one attached hydrogen (secondary N) is 1. The lowest BCUT2D eigenvalue weighted by Crippen LogP contribution is -2.56. The summed E-state index contributed by atoms with van der Waals surface area (Å²) in [6.45, 7) is 0.348. The summed E-state index contributed by atoms with van der Waals surface area (Å²) in [6, 6.07) is 40.7. The molecule has 6 unspecified atom stereocenters. The molecule has 2 amide bonds. The second-order valence-corrected chi connectivity index (χ2v) is 17.1. The van der Waals surface area contributed by atoms with Crippen molar-refractivity contribution in [3.05, 3.63) is 184 Å². The lowest BCUT2D eigenvalue weighted by atomic mass is 9.64. The number of cyclic esters (lactones) is 1. The van der Waals surface area contributed by atoms with E-state index in [0.717, 1.165) is 27.8 Å². The average Bonchev–Trinajstić information content (AvgIpc) is 3.85. The van der Waals surface area contributed by atoms with Crippen LogP contribution in [0.1, 0.15) is 62.7 Å². The first kappa shape index (κ1) is 43.3. The molecule has 6 atom stereocenters. The smallest absolute Gasteiger partial charge is 0.324 e. The van der Waals surface area contributed by atoms with Crippen LogP contribution in [-0.4, -0.2) is 79.8 Å². The van der Waals surface area contributed by atoms with E-state index >= 15 is 14.4 Å². The maximum atomic E-state index is 16.2. The second-order valence-electron chi connectivity index (χ2n) is 17.1. The molecule has 4 heterocycles. The quantitative estimate of drug-likeness (QED) is 0.106. The van der Waals surface area contributed by atoms with Crippen molar-refractivity contribution in [1.82, 2.24) is 9.80 Å². The zero-order valence-corrected chi connectivity index (χ0v) is 37.3. The number of fused-ring (bicyclic) bond motifs is 4. The molecule has 12 heteroatoms. The Bertz CT molecular complexity index is 2910.